The number of fused-ring (bicyclic) bond motifs is 1. The maximum Gasteiger partial charge on any atom is 0.272 e. The number of nitrogens with one attached hydrogen (secondary N) is 1. The van der Waals surface area contributed by atoms with Gasteiger partial charge in [0.1, 0.15) is 22.9 Å². The summed E-state index contributed by atoms with van der Waals surface area (Å²) in [4.78, 5) is 45.0. The van der Waals surface area contributed by atoms with Crippen LogP contribution < -0.4 is 4.74 Å². The van der Waals surface area contributed by atoms with Gasteiger partial charge in [0.15, 0.2) is 0 Å². The molecule has 0 radical (unpaired) electrons. The van der Waals surface area contributed by atoms with E-state index in [1.165, 1.54) is 0 Å². The van der Waals surface area contributed by atoms with Gasteiger partial charge in [0.05, 0.1) is 24.1 Å². The Morgan fingerprint density at radius 3 is 2.62 bits per heavy atom. The monoisotopic (exact) mass is 498 g/mol. The largest absolute Gasteiger partial charge is 0.455 e. The van der Waals surface area contributed by atoms with Gasteiger partial charge < -0.3 is 19.5 Å². The Kier molecular flexibility index (Phi) is 6.85. The van der Waals surface area contributed by atoms with Crippen LogP contribution in [0.4, 0.5) is 0 Å². The fourth-order valence-corrected chi connectivity index (χ4v) is 4.94. The van der Waals surface area contributed by atoms with Crippen molar-refractivity contribution in [2.24, 2.45) is 0 Å². The Balaban J connectivity index is 1.52. The average Bonchev–Trinajstić information content (AvgIpc) is 3.57. The van der Waals surface area contributed by atoms with E-state index < -0.39 is 0 Å². The van der Waals surface area contributed by atoms with Crippen LogP contribution >= 0.6 is 0 Å². The molecule has 1 aliphatic rings. The Morgan fingerprint density at radius 2 is 1.95 bits per heavy atom. The van der Waals surface area contributed by atoms with Gasteiger partial charge in [-0.1, -0.05) is 0 Å². The number of hydrogen-bond donors (Lipinski definition) is 1. The summed E-state index contributed by atoms with van der Waals surface area (Å²) in [5.41, 5.74) is 3.82. The standard InChI is InChI=1S/C28H30N6O3/c1-4-33(5-2)28(36)22-9-8-20(16-31-22)37-27-14-19-13-24(25-17-29-10-11-30-25)32-23(19)15-21(27)26-7-6-12-34(26)18(3)35/h8-11,13-17,26,32H,4-7,12H2,1-3H3/t26-/m1/s1. The maximum absolute atomic E-state index is 12.6. The summed E-state index contributed by atoms with van der Waals surface area (Å²) in [7, 11) is 0. The third-order valence-corrected chi connectivity index (χ3v) is 6.84. The van der Waals surface area contributed by atoms with E-state index in [2.05, 4.69) is 26.0 Å². The molecule has 4 aromatic rings. The Hall–Kier alpha value is -4.27. The quantitative estimate of drug-likeness (QED) is 0.385. The smallest absolute Gasteiger partial charge is 0.272 e. The van der Waals surface area contributed by atoms with Crippen molar-refractivity contribution in [2.75, 3.05) is 19.6 Å². The van der Waals surface area contributed by atoms with E-state index in [1.54, 1.807) is 48.7 Å². The third kappa shape index (κ3) is 4.89. The molecular formula is C28H30N6O3. The van der Waals surface area contributed by atoms with Crippen molar-refractivity contribution in [3.8, 4) is 22.9 Å². The SMILES string of the molecule is CCN(CC)C(=O)c1ccc(Oc2cc3cc(-c4cnccn4)[nH]c3cc2[C@H]2CCCN2C(C)=O)cn1. The summed E-state index contributed by atoms with van der Waals surface area (Å²) in [6, 6.07) is 9.41. The molecule has 1 fully saturated rings. The second-order valence-electron chi connectivity index (χ2n) is 9.08. The lowest BCUT2D eigenvalue weighted by Gasteiger charge is -2.25. The van der Waals surface area contributed by atoms with Crippen molar-refractivity contribution in [2.45, 2.75) is 39.7 Å². The van der Waals surface area contributed by atoms with Gasteiger partial charge in [-0.05, 0) is 57.0 Å². The molecule has 0 bridgehead atoms. The number of ether oxygens (including phenoxy) is 1. The zero-order valence-corrected chi connectivity index (χ0v) is 21.3. The number of H-pyrrole nitrogens is 1. The number of amides is 2. The van der Waals surface area contributed by atoms with Gasteiger partial charge in [-0.3, -0.25) is 19.6 Å². The van der Waals surface area contributed by atoms with Crippen LogP contribution in [-0.4, -0.2) is 61.2 Å². The molecule has 0 aliphatic carbocycles. The molecule has 1 aromatic carbocycles. The number of nitrogens with zero attached hydrogens (tertiary/aromatic N) is 5. The number of carbonyl (C=O) groups is 2. The zero-order chi connectivity index (χ0) is 25.9. The molecule has 0 spiro atoms. The van der Waals surface area contributed by atoms with Gasteiger partial charge in [0.25, 0.3) is 5.91 Å². The topological polar surface area (TPSA) is 104 Å². The number of pyridine rings is 1. The van der Waals surface area contributed by atoms with E-state index >= 15 is 0 Å². The molecule has 3 aromatic heterocycles. The van der Waals surface area contributed by atoms with Crippen LogP contribution in [0.25, 0.3) is 22.3 Å². The molecule has 4 heterocycles. The third-order valence-electron chi connectivity index (χ3n) is 6.84. The molecule has 1 atom stereocenters. The van der Waals surface area contributed by atoms with E-state index in [-0.39, 0.29) is 17.9 Å². The minimum absolute atomic E-state index is 0.0428. The van der Waals surface area contributed by atoms with Crippen molar-refractivity contribution in [3.05, 3.63) is 66.4 Å². The molecule has 1 N–H and O–H groups in total. The molecule has 5 rings (SSSR count). The van der Waals surface area contributed by atoms with Gasteiger partial charge in [0.2, 0.25) is 5.91 Å². The van der Waals surface area contributed by atoms with Crippen LogP contribution in [0.2, 0.25) is 0 Å². The molecule has 9 nitrogen and oxygen atoms in total. The summed E-state index contributed by atoms with van der Waals surface area (Å²) in [6.07, 6.45) is 8.37. The lowest BCUT2D eigenvalue weighted by molar-refractivity contribution is -0.129. The van der Waals surface area contributed by atoms with Crippen LogP contribution in [-0.2, 0) is 4.79 Å². The van der Waals surface area contributed by atoms with Crippen LogP contribution in [0.1, 0.15) is 55.7 Å². The molecule has 1 aliphatic heterocycles. The Bertz CT molecular complexity index is 1410. The lowest BCUT2D eigenvalue weighted by atomic mass is 10.0. The van der Waals surface area contributed by atoms with E-state index in [1.807, 2.05) is 30.9 Å². The molecule has 0 unspecified atom stereocenters. The number of likely N-dealkylation sites (tertiary alicyclic amines) is 1. The fourth-order valence-electron chi connectivity index (χ4n) is 4.94. The summed E-state index contributed by atoms with van der Waals surface area (Å²) in [6.45, 7) is 7.46. The van der Waals surface area contributed by atoms with E-state index in [9.17, 15) is 9.59 Å². The minimum atomic E-state index is -0.106. The van der Waals surface area contributed by atoms with Gasteiger partial charge in [0, 0.05) is 55.4 Å². The molecule has 0 saturated carbocycles. The van der Waals surface area contributed by atoms with Gasteiger partial charge in [-0.25, -0.2) is 4.98 Å². The number of aromatic amines is 1. The molecule has 190 valence electrons. The van der Waals surface area contributed by atoms with E-state index in [4.69, 9.17) is 4.74 Å². The number of rotatable bonds is 7. The predicted molar refractivity (Wildman–Crippen MR) is 140 cm³/mol. The molecular weight excluding hydrogens is 468 g/mol. The molecule has 9 heteroatoms. The maximum atomic E-state index is 12.6. The van der Waals surface area contributed by atoms with Crippen LogP contribution in [0.15, 0.2) is 55.1 Å². The Morgan fingerprint density at radius 1 is 1.11 bits per heavy atom. The number of benzene rings is 1. The first kappa shape index (κ1) is 24.4. The van der Waals surface area contributed by atoms with Crippen molar-refractivity contribution >= 4 is 22.7 Å². The van der Waals surface area contributed by atoms with E-state index in [0.29, 0.717) is 30.3 Å². The van der Waals surface area contributed by atoms with Crippen molar-refractivity contribution in [1.29, 1.82) is 0 Å². The van der Waals surface area contributed by atoms with Crippen LogP contribution in [0.5, 0.6) is 11.5 Å². The summed E-state index contributed by atoms with van der Waals surface area (Å²) < 4.78 is 6.35. The average molecular weight is 499 g/mol. The summed E-state index contributed by atoms with van der Waals surface area (Å²) >= 11 is 0. The normalized spacial score (nSPS) is 15.2. The number of aromatic nitrogens is 4. The lowest BCUT2D eigenvalue weighted by Crippen LogP contribution is -2.31. The van der Waals surface area contributed by atoms with Crippen LogP contribution in [0, 0.1) is 0 Å². The number of hydrogen-bond acceptors (Lipinski definition) is 6. The van der Waals surface area contributed by atoms with E-state index in [0.717, 1.165) is 47.2 Å². The van der Waals surface area contributed by atoms with Crippen molar-refractivity contribution in [1.82, 2.24) is 29.7 Å². The summed E-state index contributed by atoms with van der Waals surface area (Å²) in [5, 5.41) is 0.952. The van der Waals surface area contributed by atoms with Crippen molar-refractivity contribution in [3.63, 3.8) is 0 Å². The first-order valence-electron chi connectivity index (χ1n) is 12.6. The molecule has 2 amide bonds. The molecule has 37 heavy (non-hydrogen) atoms. The highest BCUT2D eigenvalue weighted by atomic mass is 16.5. The number of carbonyl (C=O) groups excluding carboxylic acids is 2. The first-order valence-corrected chi connectivity index (χ1v) is 12.6. The van der Waals surface area contributed by atoms with Crippen LogP contribution in [0.3, 0.4) is 0 Å². The second kappa shape index (κ2) is 10.4. The summed E-state index contributed by atoms with van der Waals surface area (Å²) in [5.74, 6) is 1.11. The van der Waals surface area contributed by atoms with Gasteiger partial charge in [-0.2, -0.15) is 0 Å². The Labute approximate surface area is 215 Å². The van der Waals surface area contributed by atoms with Gasteiger partial charge >= 0.3 is 0 Å². The zero-order valence-electron chi connectivity index (χ0n) is 21.3. The highest BCUT2D eigenvalue weighted by Gasteiger charge is 2.31. The van der Waals surface area contributed by atoms with Crippen molar-refractivity contribution < 1.29 is 14.3 Å². The van der Waals surface area contributed by atoms with Gasteiger partial charge in [-0.15, -0.1) is 0 Å². The fraction of sp³-hybridized carbons (Fsp3) is 0.321. The highest BCUT2D eigenvalue weighted by Crippen LogP contribution is 2.41. The minimum Gasteiger partial charge on any atom is -0.455 e. The predicted octanol–water partition coefficient (Wildman–Crippen LogP) is 4.98. The second-order valence-corrected chi connectivity index (χ2v) is 9.08. The highest BCUT2D eigenvalue weighted by molar-refractivity contribution is 5.92. The first-order chi connectivity index (χ1) is 18.0. The molecule has 1 saturated heterocycles.